The van der Waals surface area contributed by atoms with Crippen LogP contribution in [-0.4, -0.2) is 38.2 Å². The molecule has 2 aromatic carbocycles. The van der Waals surface area contributed by atoms with Gasteiger partial charge in [-0.05, 0) is 26.0 Å². The fraction of sp³-hybridized carbons (Fsp3) is 0.125. The SMILES string of the molecule is Cc1nn(OS(=O)(=O)On2nc(C)c3ccc([N+](=O)[O-])cc32)c2cc([N+](=O)[O-])ccc12. The van der Waals surface area contributed by atoms with Gasteiger partial charge in [0.05, 0.1) is 21.2 Å². The van der Waals surface area contributed by atoms with E-state index < -0.39 is 20.2 Å². The molecule has 14 nitrogen and oxygen atoms in total. The summed E-state index contributed by atoms with van der Waals surface area (Å²) in [4.78, 5) is 21.9. The van der Waals surface area contributed by atoms with E-state index in [1.54, 1.807) is 13.8 Å². The normalized spacial score (nSPS) is 11.7. The van der Waals surface area contributed by atoms with Gasteiger partial charge in [0.25, 0.3) is 11.4 Å². The van der Waals surface area contributed by atoms with Crippen LogP contribution in [0.15, 0.2) is 36.4 Å². The maximum atomic E-state index is 12.5. The van der Waals surface area contributed by atoms with Crippen LogP contribution in [0, 0.1) is 34.1 Å². The van der Waals surface area contributed by atoms with Gasteiger partial charge in [-0.25, -0.2) is 8.57 Å². The van der Waals surface area contributed by atoms with Crippen molar-refractivity contribution in [3.8, 4) is 0 Å². The Kier molecular flexibility index (Phi) is 4.46. The summed E-state index contributed by atoms with van der Waals surface area (Å²) in [6, 6.07) is 7.51. The number of aryl methyl sites for hydroxylation is 2. The van der Waals surface area contributed by atoms with Gasteiger partial charge in [-0.2, -0.15) is 0 Å². The van der Waals surface area contributed by atoms with Gasteiger partial charge in [0.15, 0.2) is 0 Å². The van der Waals surface area contributed by atoms with Crippen LogP contribution in [0.1, 0.15) is 11.4 Å². The smallest absolute Gasteiger partial charge is 0.258 e. The molecule has 0 atom stereocenters. The maximum absolute atomic E-state index is 12.5. The summed E-state index contributed by atoms with van der Waals surface area (Å²) in [5.74, 6) is 0. The maximum Gasteiger partial charge on any atom is 0.542 e. The number of fused-ring (bicyclic) bond motifs is 2. The van der Waals surface area contributed by atoms with E-state index in [1.165, 1.54) is 24.3 Å². The number of non-ortho nitro benzene ring substituents is 2. The van der Waals surface area contributed by atoms with E-state index >= 15 is 0 Å². The molecule has 0 aliphatic heterocycles. The first-order valence-corrected chi connectivity index (χ1v) is 9.81. The van der Waals surface area contributed by atoms with Gasteiger partial charge in [0.2, 0.25) is 0 Å². The highest BCUT2D eigenvalue weighted by Crippen LogP contribution is 2.24. The van der Waals surface area contributed by atoms with Crippen LogP contribution in [0.5, 0.6) is 0 Å². The summed E-state index contributed by atoms with van der Waals surface area (Å²) in [7, 11) is -4.85. The van der Waals surface area contributed by atoms with Gasteiger partial charge >= 0.3 is 10.4 Å². The van der Waals surface area contributed by atoms with E-state index in [2.05, 4.69) is 10.2 Å². The summed E-state index contributed by atoms with van der Waals surface area (Å²) in [5, 5.41) is 30.7. The second-order valence-corrected chi connectivity index (χ2v) is 7.51. The molecule has 2 aromatic heterocycles. The van der Waals surface area contributed by atoms with Crippen molar-refractivity contribution in [2.24, 2.45) is 0 Å². The Balaban J connectivity index is 1.72. The first kappa shape index (κ1) is 20.0. The van der Waals surface area contributed by atoms with Gasteiger partial charge in [-0.3, -0.25) is 20.2 Å². The van der Waals surface area contributed by atoms with Crippen LogP contribution in [0.3, 0.4) is 0 Å². The fourth-order valence-electron chi connectivity index (χ4n) is 2.98. The predicted octanol–water partition coefficient (Wildman–Crippen LogP) is 1.62. The van der Waals surface area contributed by atoms with Crippen LogP contribution in [0.25, 0.3) is 21.8 Å². The van der Waals surface area contributed by atoms with Crippen molar-refractivity contribution in [3.63, 3.8) is 0 Å². The molecule has 0 N–H and O–H groups in total. The van der Waals surface area contributed by atoms with E-state index in [0.29, 0.717) is 31.9 Å². The zero-order valence-electron chi connectivity index (χ0n) is 15.8. The minimum Gasteiger partial charge on any atom is -0.258 e. The molecule has 4 aromatic rings. The molecule has 0 unspecified atom stereocenters. The molecule has 0 saturated carbocycles. The molecule has 0 amide bonds. The molecule has 160 valence electrons. The average Bonchev–Trinajstić information content (AvgIpc) is 3.17. The molecular weight excluding hydrogens is 436 g/mol. The van der Waals surface area contributed by atoms with Crippen LogP contribution < -0.4 is 8.57 Å². The molecule has 0 aliphatic rings. The Labute approximate surface area is 172 Å². The lowest BCUT2D eigenvalue weighted by atomic mass is 10.2. The number of hydrogen-bond acceptors (Lipinski definition) is 10. The van der Waals surface area contributed by atoms with Crippen molar-refractivity contribution in [2.45, 2.75) is 13.8 Å². The largest absolute Gasteiger partial charge is 0.542 e. The quantitative estimate of drug-likeness (QED) is 0.311. The molecule has 2 heterocycles. The van der Waals surface area contributed by atoms with Crippen molar-refractivity contribution in [1.82, 2.24) is 19.9 Å². The highest BCUT2D eigenvalue weighted by atomic mass is 32.3. The molecule has 0 bridgehead atoms. The predicted molar refractivity (Wildman–Crippen MR) is 104 cm³/mol. The van der Waals surface area contributed by atoms with Gasteiger partial charge in [-0.15, -0.1) is 18.6 Å². The van der Waals surface area contributed by atoms with Gasteiger partial charge in [-0.1, -0.05) is 9.69 Å². The first-order valence-electron chi connectivity index (χ1n) is 8.48. The lowest BCUT2D eigenvalue weighted by Gasteiger charge is -2.07. The minimum absolute atomic E-state index is 0.0241. The van der Waals surface area contributed by atoms with E-state index in [-0.39, 0.29) is 22.4 Å². The van der Waals surface area contributed by atoms with E-state index in [1.807, 2.05) is 0 Å². The summed E-state index contributed by atoms with van der Waals surface area (Å²) in [6.07, 6.45) is 0. The number of hydrogen-bond donors (Lipinski definition) is 0. The van der Waals surface area contributed by atoms with Crippen molar-refractivity contribution in [2.75, 3.05) is 0 Å². The van der Waals surface area contributed by atoms with Gasteiger partial charge < -0.3 is 0 Å². The molecule has 31 heavy (non-hydrogen) atoms. The molecule has 0 saturated heterocycles. The van der Waals surface area contributed by atoms with Crippen LogP contribution in [0.2, 0.25) is 0 Å². The Morgan fingerprint density at radius 1 is 0.806 bits per heavy atom. The fourth-order valence-corrected chi connectivity index (χ4v) is 3.58. The monoisotopic (exact) mass is 448 g/mol. The van der Waals surface area contributed by atoms with Crippen molar-refractivity contribution >= 4 is 43.6 Å². The number of nitro benzene ring substituents is 2. The molecular formula is C16H12N6O8S. The highest BCUT2D eigenvalue weighted by molar-refractivity contribution is 7.82. The number of nitro groups is 2. The highest BCUT2D eigenvalue weighted by Gasteiger charge is 2.24. The summed E-state index contributed by atoms with van der Waals surface area (Å²) in [6.45, 7) is 3.12. The topological polar surface area (TPSA) is 175 Å². The van der Waals surface area contributed by atoms with Crippen LogP contribution >= 0.6 is 0 Å². The second kappa shape index (κ2) is 6.91. The molecule has 0 aliphatic carbocycles. The second-order valence-electron chi connectivity index (χ2n) is 6.39. The zero-order valence-corrected chi connectivity index (χ0v) is 16.6. The zero-order chi connectivity index (χ0) is 22.5. The molecule has 4 rings (SSSR count). The van der Waals surface area contributed by atoms with Crippen LogP contribution in [0.4, 0.5) is 11.4 Å². The standard InChI is InChI=1S/C16H12N6O8S/c1-9-13-5-3-11(21(23)24)7-15(13)19(17-9)29-31(27,28)30-20-16-8-12(22(25)26)4-6-14(16)10(2)18-20/h3-8H,1-2H3. The number of rotatable bonds is 6. The number of nitrogens with zero attached hydrogens (tertiary/aromatic N) is 6. The van der Waals surface area contributed by atoms with Gasteiger partial charge in [0, 0.05) is 35.0 Å². The third kappa shape index (κ3) is 3.57. The number of aromatic nitrogens is 4. The van der Waals surface area contributed by atoms with Crippen molar-refractivity contribution in [1.29, 1.82) is 0 Å². The Bertz CT molecular complexity index is 1380. The van der Waals surface area contributed by atoms with Crippen molar-refractivity contribution < 1.29 is 26.8 Å². The Morgan fingerprint density at radius 3 is 1.55 bits per heavy atom. The summed E-state index contributed by atoms with van der Waals surface area (Å²) >= 11 is 0. The van der Waals surface area contributed by atoms with Gasteiger partial charge in [0.1, 0.15) is 11.0 Å². The third-order valence-electron chi connectivity index (χ3n) is 4.38. The average molecular weight is 448 g/mol. The lowest BCUT2D eigenvalue weighted by Crippen LogP contribution is -2.31. The molecule has 15 heteroatoms. The Morgan fingerprint density at radius 2 is 1.19 bits per heavy atom. The summed E-state index contributed by atoms with van der Waals surface area (Å²) < 4.78 is 34.7. The van der Waals surface area contributed by atoms with Crippen molar-refractivity contribution in [3.05, 3.63) is 68.0 Å². The van der Waals surface area contributed by atoms with E-state index in [0.717, 1.165) is 12.1 Å². The first-order chi connectivity index (χ1) is 14.6. The Hall–Kier alpha value is -4.27. The minimum atomic E-state index is -4.85. The van der Waals surface area contributed by atoms with E-state index in [4.69, 9.17) is 8.57 Å². The molecule has 0 spiro atoms. The van der Waals surface area contributed by atoms with Crippen LogP contribution in [-0.2, 0) is 10.4 Å². The third-order valence-corrected chi connectivity index (χ3v) is 5.03. The summed E-state index contributed by atoms with van der Waals surface area (Å²) in [5.41, 5.74) is 0.174. The van der Waals surface area contributed by atoms with E-state index in [9.17, 15) is 28.6 Å². The lowest BCUT2D eigenvalue weighted by molar-refractivity contribution is -0.384. The molecule has 0 radical (unpaired) electrons. The number of benzene rings is 2. The molecule has 0 fully saturated rings.